The van der Waals surface area contributed by atoms with E-state index in [1.807, 2.05) is 18.7 Å². The summed E-state index contributed by atoms with van der Waals surface area (Å²) < 4.78 is 5.40. The number of hydrogen-bond acceptors (Lipinski definition) is 4. The monoisotopic (exact) mass is 310 g/mol. The molecule has 0 bridgehead atoms. The second kappa shape index (κ2) is 10.4. The van der Waals surface area contributed by atoms with Crippen LogP contribution in [0.3, 0.4) is 0 Å². The first kappa shape index (κ1) is 17.7. The van der Waals surface area contributed by atoms with Gasteiger partial charge in [0.2, 0.25) is 0 Å². The van der Waals surface area contributed by atoms with Crippen LogP contribution in [-0.2, 0) is 0 Å². The highest BCUT2D eigenvalue weighted by Gasteiger charge is 2.08. The standard InChI is InChI=1S/C16H26N2O2S/c1-3-20-15-11-13(10-14(17)12-15)16(19)18-8-6-4-5-7-9-21-2/h10-12H,3-9,17H2,1-2H3,(H,18,19). The van der Waals surface area contributed by atoms with Crippen LogP contribution in [0.1, 0.15) is 43.0 Å². The number of rotatable bonds is 10. The number of thioether (sulfide) groups is 1. The third-order valence-electron chi connectivity index (χ3n) is 3.06. The van der Waals surface area contributed by atoms with Gasteiger partial charge >= 0.3 is 0 Å². The van der Waals surface area contributed by atoms with Gasteiger partial charge in [0.1, 0.15) is 5.75 Å². The lowest BCUT2D eigenvalue weighted by molar-refractivity contribution is 0.0952. The molecule has 0 fully saturated rings. The Bertz CT molecular complexity index is 438. The Morgan fingerprint density at radius 1 is 1.24 bits per heavy atom. The fourth-order valence-corrected chi connectivity index (χ4v) is 2.52. The van der Waals surface area contributed by atoms with Crippen LogP contribution in [0.15, 0.2) is 18.2 Å². The van der Waals surface area contributed by atoms with Gasteiger partial charge in [0.15, 0.2) is 0 Å². The molecule has 0 heterocycles. The van der Waals surface area contributed by atoms with E-state index >= 15 is 0 Å². The SMILES string of the molecule is CCOc1cc(N)cc(C(=O)NCCCCCCSC)c1. The van der Waals surface area contributed by atoms with Crippen LogP contribution < -0.4 is 15.8 Å². The minimum atomic E-state index is -0.0904. The van der Waals surface area contributed by atoms with Gasteiger partial charge in [-0.1, -0.05) is 12.8 Å². The largest absolute Gasteiger partial charge is 0.494 e. The lowest BCUT2D eigenvalue weighted by Crippen LogP contribution is -2.24. The van der Waals surface area contributed by atoms with E-state index in [4.69, 9.17) is 10.5 Å². The molecule has 0 saturated carbocycles. The maximum atomic E-state index is 12.1. The van der Waals surface area contributed by atoms with E-state index in [1.54, 1.807) is 18.2 Å². The number of nitrogens with one attached hydrogen (secondary N) is 1. The van der Waals surface area contributed by atoms with Gasteiger partial charge < -0.3 is 15.8 Å². The number of nitrogen functional groups attached to an aromatic ring is 1. The molecule has 0 aliphatic carbocycles. The fourth-order valence-electron chi connectivity index (χ4n) is 2.03. The number of benzene rings is 1. The summed E-state index contributed by atoms with van der Waals surface area (Å²) in [7, 11) is 0. The first-order valence-corrected chi connectivity index (χ1v) is 8.87. The molecule has 3 N–H and O–H groups in total. The molecule has 1 aromatic carbocycles. The minimum Gasteiger partial charge on any atom is -0.494 e. The summed E-state index contributed by atoms with van der Waals surface area (Å²) in [4.78, 5) is 12.1. The Morgan fingerprint density at radius 3 is 2.71 bits per heavy atom. The molecule has 0 aromatic heterocycles. The smallest absolute Gasteiger partial charge is 0.251 e. The number of unbranched alkanes of at least 4 members (excludes halogenated alkanes) is 3. The summed E-state index contributed by atoms with van der Waals surface area (Å²) in [6, 6.07) is 5.13. The molecule has 4 nitrogen and oxygen atoms in total. The van der Waals surface area contributed by atoms with E-state index in [-0.39, 0.29) is 5.91 Å². The topological polar surface area (TPSA) is 64.3 Å². The van der Waals surface area contributed by atoms with Crippen molar-refractivity contribution in [2.45, 2.75) is 32.6 Å². The Kier molecular flexibility index (Phi) is 8.74. The molecule has 1 aromatic rings. The van der Waals surface area contributed by atoms with E-state index in [0.29, 0.717) is 30.2 Å². The lowest BCUT2D eigenvalue weighted by Gasteiger charge is -2.09. The normalized spacial score (nSPS) is 10.4. The number of ether oxygens (including phenoxy) is 1. The first-order chi connectivity index (χ1) is 10.2. The van der Waals surface area contributed by atoms with Crippen LogP contribution in [0.4, 0.5) is 5.69 Å². The molecular formula is C16H26N2O2S. The molecule has 1 amide bonds. The second-order valence-electron chi connectivity index (χ2n) is 4.89. The highest BCUT2D eigenvalue weighted by Crippen LogP contribution is 2.19. The van der Waals surface area contributed by atoms with E-state index in [0.717, 1.165) is 12.8 Å². The molecule has 0 unspecified atom stereocenters. The van der Waals surface area contributed by atoms with Crippen molar-refractivity contribution in [3.05, 3.63) is 23.8 Å². The molecule has 21 heavy (non-hydrogen) atoms. The van der Waals surface area contributed by atoms with Crippen molar-refractivity contribution in [1.82, 2.24) is 5.32 Å². The number of nitrogens with two attached hydrogens (primary N) is 1. The van der Waals surface area contributed by atoms with Gasteiger partial charge in [-0.05, 0) is 43.9 Å². The zero-order valence-corrected chi connectivity index (χ0v) is 13.8. The summed E-state index contributed by atoms with van der Waals surface area (Å²) in [6.07, 6.45) is 6.77. The van der Waals surface area contributed by atoms with E-state index in [2.05, 4.69) is 11.6 Å². The van der Waals surface area contributed by atoms with Crippen molar-refractivity contribution in [1.29, 1.82) is 0 Å². The molecule has 118 valence electrons. The molecule has 0 radical (unpaired) electrons. The molecule has 0 saturated heterocycles. The molecule has 5 heteroatoms. The van der Waals surface area contributed by atoms with Gasteiger partial charge in [0, 0.05) is 23.9 Å². The molecular weight excluding hydrogens is 284 g/mol. The predicted molar refractivity (Wildman–Crippen MR) is 91.2 cm³/mol. The average molecular weight is 310 g/mol. The number of hydrogen-bond donors (Lipinski definition) is 2. The third kappa shape index (κ3) is 7.27. The van der Waals surface area contributed by atoms with Gasteiger partial charge in [-0.3, -0.25) is 4.79 Å². The first-order valence-electron chi connectivity index (χ1n) is 7.48. The highest BCUT2D eigenvalue weighted by atomic mass is 32.2. The van der Waals surface area contributed by atoms with Gasteiger partial charge in [0.05, 0.1) is 6.61 Å². The van der Waals surface area contributed by atoms with Crippen molar-refractivity contribution in [2.75, 3.05) is 30.9 Å². The fraction of sp³-hybridized carbons (Fsp3) is 0.562. The van der Waals surface area contributed by atoms with Crippen molar-refractivity contribution < 1.29 is 9.53 Å². The quantitative estimate of drug-likeness (QED) is 0.514. The van der Waals surface area contributed by atoms with E-state index in [1.165, 1.54) is 18.6 Å². The van der Waals surface area contributed by atoms with Crippen molar-refractivity contribution >= 4 is 23.4 Å². The Labute approximate surface area is 131 Å². The predicted octanol–water partition coefficient (Wildman–Crippen LogP) is 3.32. The number of anilines is 1. The van der Waals surface area contributed by atoms with Gasteiger partial charge in [-0.15, -0.1) is 0 Å². The average Bonchev–Trinajstić information content (AvgIpc) is 2.46. The van der Waals surface area contributed by atoms with Crippen LogP contribution in [0.5, 0.6) is 5.75 Å². The lowest BCUT2D eigenvalue weighted by atomic mass is 10.1. The third-order valence-corrected chi connectivity index (χ3v) is 3.76. The van der Waals surface area contributed by atoms with Crippen molar-refractivity contribution in [3.8, 4) is 5.75 Å². The van der Waals surface area contributed by atoms with Crippen LogP contribution in [0.2, 0.25) is 0 Å². The Balaban J connectivity index is 2.34. The second-order valence-corrected chi connectivity index (χ2v) is 5.87. The Hall–Kier alpha value is -1.36. The highest BCUT2D eigenvalue weighted by molar-refractivity contribution is 7.98. The number of carbonyl (C=O) groups is 1. The molecule has 0 aliphatic rings. The van der Waals surface area contributed by atoms with Crippen LogP contribution in [-0.4, -0.2) is 31.1 Å². The van der Waals surface area contributed by atoms with Gasteiger partial charge in [-0.2, -0.15) is 11.8 Å². The van der Waals surface area contributed by atoms with E-state index < -0.39 is 0 Å². The maximum absolute atomic E-state index is 12.1. The molecule has 0 spiro atoms. The van der Waals surface area contributed by atoms with Crippen molar-refractivity contribution in [2.24, 2.45) is 0 Å². The van der Waals surface area contributed by atoms with Crippen molar-refractivity contribution in [3.63, 3.8) is 0 Å². The molecule has 0 aliphatic heterocycles. The summed E-state index contributed by atoms with van der Waals surface area (Å²) in [5.74, 6) is 1.77. The van der Waals surface area contributed by atoms with Gasteiger partial charge in [-0.25, -0.2) is 0 Å². The minimum absolute atomic E-state index is 0.0904. The maximum Gasteiger partial charge on any atom is 0.251 e. The summed E-state index contributed by atoms with van der Waals surface area (Å²) >= 11 is 1.88. The molecule has 0 atom stereocenters. The van der Waals surface area contributed by atoms with Gasteiger partial charge in [0.25, 0.3) is 5.91 Å². The summed E-state index contributed by atoms with van der Waals surface area (Å²) in [5.41, 5.74) is 6.89. The van der Waals surface area contributed by atoms with E-state index in [9.17, 15) is 4.79 Å². The Morgan fingerprint density at radius 2 is 2.00 bits per heavy atom. The number of carbonyl (C=O) groups excluding carboxylic acids is 1. The zero-order chi connectivity index (χ0) is 15.5. The summed E-state index contributed by atoms with van der Waals surface area (Å²) in [5, 5.41) is 2.93. The molecule has 1 rings (SSSR count). The van der Waals surface area contributed by atoms with Crippen LogP contribution >= 0.6 is 11.8 Å². The summed E-state index contributed by atoms with van der Waals surface area (Å²) in [6.45, 7) is 3.16. The number of amides is 1. The zero-order valence-electron chi connectivity index (χ0n) is 13.0. The van der Waals surface area contributed by atoms with Crippen LogP contribution in [0.25, 0.3) is 0 Å². The van der Waals surface area contributed by atoms with Crippen LogP contribution in [0, 0.1) is 0 Å².